The van der Waals surface area contributed by atoms with Crippen molar-refractivity contribution in [3.8, 4) is 11.5 Å². The lowest BCUT2D eigenvalue weighted by Gasteiger charge is -2.25. The topological polar surface area (TPSA) is 94.2 Å². The van der Waals surface area contributed by atoms with E-state index in [9.17, 15) is 17.6 Å². The van der Waals surface area contributed by atoms with Crippen molar-refractivity contribution in [2.75, 3.05) is 43.8 Å². The van der Waals surface area contributed by atoms with Gasteiger partial charge in [-0.25, -0.2) is 12.8 Å². The van der Waals surface area contributed by atoms with Gasteiger partial charge in [-0.2, -0.15) is 0 Å². The van der Waals surface area contributed by atoms with Crippen molar-refractivity contribution in [1.29, 1.82) is 0 Å². The van der Waals surface area contributed by atoms with E-state index in [2.05, 4.69) is 5.32 Å². The Balaban J connectivity index is 1.84. The van der Waals surface area contributed by atoms with Crippen molar-refractivity contribution in [3.05, 3.63) is 48.3 Å². The van der Waals surface area contributed by atoms with Gasteiger partial charge in [0.15, 0.2) is 11.5 Å². The second kappa shape index (κ2) is 10.5. The number of sulfonamides is 1. The molecule has 0 saturated carbocycles. The molecule has 168 valence electrons. The summed E-state index contributed by atoms with van der Waals surface area (Å²) in [7, 11) is -4.19. The molecule has 0 bridgehead atoms. The van der Waals surface area contributed by atoms with Crippen LogP contribution in [0.1, 0.15) is 13.3 Å². The highest BCUT2D eigenvalue weighted by Crippen LogP contribution is 2.34. The molecule has 0 saturated heterocycles. The third-order valence-electron chi connectivity index (χ3n) is 4.48. The van der Waals surface area contributed by atoms with E-state index in [0.29, 0.717) is 50.9 Å². The lowest BCUT2D eigenvalue weighted by atomic mass is 10.3. The molecule has 1 amide bonds. The molecule has 2 aromatic rings. The van der Waals surface area contributed by atoms with Gasteiger partial charge in [-0.05, 0) is 43.7 Å². The van der Waals surface area contributed by atoms with Gasteiger partial charge in [0.05, 0.1) is 10.6 Å². The third kappa shape index (κ3) is 5.86. The first-order valence-electron chi connectivity index (χ1n) is 9.94. The number of nitrogens with zero attached hydrogens (tertiary/aromatic N) is 1. The number of ether oxygens (including phenoxy) is 3. The van der Waals surface area contributed by atoms with Crippen LogP contribution in [0.25, 0.3) is 0 Å². The van der Waals surface area contributed by atoms with Gasteiger partial charge in [-0.3, -0.25) is 9.10 Å². The number of amides is 1. The van der Waals surface area contributed by atoms with Crippen LogP contribution in [0.4, 0.5) is 10.1 Å². The fourth-order valence-corrected chi connectivity index (χ4v) is 4.42. The van der Waals surface area contributed by atoms with Gasteiger partial charge in [0.2, 0.25) is 5.91 Å². The fraction of sp³-hybridized carbons (Fsp3) is 0.381. The Morgan fingerprint density at radius 3 is 2.68 bits per heavy atom. The Hall–Kier alpha value is -2.85. The van der Waals surface area contributed by atoms with E-state index in [4.69, 9.17) is 14.2 Å². The molecule has 0 unspecified atom stereocenters. The summed E-state index contributed by atoms with van der Waals surface area (Å²) in [5.74, 6) is -0.389. The summed E-state index contributed by atoms with van der Waals surface area (Å²) in [6.07, 6.45) is 0.592. The lowest BCUT2D eigenvalue weighted by Crippen LogP contribution is -2.41. The number of hydrogen-bond donors (Lipinski definition) is 1. The molecule has 8 nitrogen and oxygen atoms in total. The molecule has 10 heteroatoms. The van der Waals surface area contributed by atoms with E-state index in [1.165, 1.54) is 36.4 Å². The van der Waals surface area contributed by atoms with E-state index < -0.39 is 28.3 Å². The molecule has 0 fully saturated rings. The van der Waals surface area contributed by atoms with Crippen LogP contribution in [0.15, 0.2) is 47.4 Å². The van der Waals surface area contributed by atoms with Crippen LogP contribution in [-0.2, 0) is 19.6 Å². The van der Waals surface area contributed by atoms with Gasteiger partial charge in [0.1, 0.15) is 25.6 Å². The smallest absolute Gasteiger partial charge is 0.264 e. The molecular formula is C21H25FN2O6S. The minimum Gasteiger partial charge on any atom is -0.486 e. The maximum Gasteiger partial charge on any atom is 0.264 e. The van der Waals surface area contributed by atoms with Crippen LogP contribution in [0.3, 0.4) is 0 Å². The Kier molecular flexibility index (Phi) is 7.69. The number of fused-ring (bicyclic) bond motifs is 1. The number of nitrogens with one attached hydrogen (secondary N) is 1. The van der Waals surface area contributed by atoms with E-state index in [0.717, 1.165) is 10.4 Å². The maximum atomic E-state index is 13.8. The van der Waals surface area contributed by atoms with Gasteiger partial charge in [0, 0.05) is 25.8 Å². The number of hydrogen-bond acceptors (Lipinski definition) is 6. The van der Waals surface area contributed by atoms with Gasteiger partial charge >= 0.3 is 0 Å². The molecule has 1 aliphatic heterocycles. The number of carbonyl (C=O) groups excluding carboxylic acids is 1. The summed E-state index contributed by atoms with van der Waals surface area (Å²) < 4.78 is 57.6. The summed E-state index contributed by atoms with van der Waals surface area (Å²) in [4.78, 5) is 12.4. The molecule has 1 heterocycles. The zero-order chi connectivity index (χ0) is 22.3. The van der Waals surface area contributed by atoms with E-state index >= 15 is 0 Å². The van der Waals surface area contributed by atoms with Crippen LogP contribution in [0.5, 0.6) is 11.5 Å². The third-order valence-corrected chi connectivity index (χ3v) is 6.25. The zero-order valence-electron chi connectivity index (χ0n) is 17.2. The summed E-state index contributed by atoms with van der Waals surface area (Å²) in [6.45, 7) is 3.44. The number of benzene rings is 2. The highest BCUT2D eigenvalue weighted by atomic mass is 32.2. The van der Waals surface area contributed by atoms with E-state index in [1.54, 1.807) is 0 Å². The normalized spacial score (nSPS) is 13.0. The zero-order valence-corrected chi connectivity index (χ0v) is 18.0. The van der Waals surface area contributed by atoms with Crippen molar-refractivity contribution >= 4 is 21.6 Å². The minimum atomic E-state index is -4.19. The Morgan fingerprint density at radius 2 is 1.94 bits per heavy atom. The number of rotatable bonds is 10. The van der Waals surface area contributed by atoms with Crippen molar-refractivity contribution < 1.29 is 31.8 Å². The van der Waals surface area contributed by atoms with Crippen LogP contribution < -0.4 is 19.1 Å². The summed E-state index contributed by atoms with van der Waals surface area (Å²) in [5, 5.41) is 2.67. The molecule has 2 aromatic carbocycles. The van der Waals surface area contributed by atoms with Crippen molar-refractivity contribution in [2.24, 2.45) is 0 Å². The van der Waals surface area contributed by atoms with Crippen LogP contribution in [-0.4, -0.2) is 53.8 Å². The quantitative estimate of drug-likeness (QED) is 0.556. The average Bonchev–Trinajstić information content (AvgIpc) is 2.77. The summed E-state index contributed by atoms with van der Waals surface area (Å²) in [5.41, 5.74) is 0.0411. The largest absolute Gasteiger partial charge is 0.486 e. The summed E-state index contributed by atoms with van der Waals surface area (Å²) in [6, 6.07) is 9.30. The molecule has 0 aliphatic carbocycles. The Labute approximate surface area is 181 Å². The molecule has 1 N–H and O–H groups in total. The predicted octanol–water partition coefficient (Wildman–Crippen LogP) is 2.34. The molecule has 0 aromatic heterocycles. The minimum absolute atomic E-state index is 0.0411. The van der Waals surface area contributed by atoms with Crippen molar-refractivity contribution in [1.82, 2.24) is 5.32 Å². The molecule has 1 aliphatic rings. The fourth-order valence-electron chi connectivity index (χ4n) is 2.99. The first-order chi connectivity index (χ1) is 14.9. The second-order valence-corrected chi connectivity index (χ2v) is 8.56. The van der Waals surface area contributed by atoms with Crippen molar-refractivity contribution in [3.63, 3.8) is 0 Å². The summed E-state index contributed by atoms with van der Waals surface area (Å²) >= 11 is 0. The average molecular weight is 453 g/mol. The standard InChI is InChI=1S/C21H25FN2O6S/c1-2-28-10-4-9-23-21(25)15-24(17-6-3-5-16(22)13-17)31(26,27)18-7-8-19-20(14-18)30-12-11-29-19/h3,5-8,13-14H,2,4,9-12,15H2,1H3,(H,23,25). The molecule has 0 spiro atoms. The highest BCUT2D eigenvalue weighted by molar-refractivity contribution is 7.92. The SMILES string of the molecule is CCOCCCNC(=O)CN(c1cccc(F)c1)S(=O)(=O)c1ccc2c(c1)OCCO2. The predicted molar refractivity (Wildman–Crippen MR) is 112 cm³/mol. The molecule has 0 atom stereocenters. The first-order valence-corrected chi connectivity index (χ1v) is 11.4. The Morgan fingerprint density at radius 1 is 1.16 bits per heavy atom. The van der Waals surface area contributed by atoms with Crippen LogP contribution >= 0.6 is 0 Å². The monoisotopic (exact) mass is 452 g/mol. The number of anilines is 1. The molecule has 0 radical (unpaired) electrons. The maximum absolute atomic E-state index is 13.8. The van der Waals surface area contributed by atoms with E-state index in [-0.39, 0.29) is 10.6 Å². The van der Waals surface area contributed by atoms with Gasteiger partial charge in [0.25, 0.3) is 10.0 Å². The molecule has 3 rings (SSSR count). The van der Waals surface area contributed by atoms with Crippen molar-refractivity contribution in [2.45, 2.75) is 18.2 Å². The number of halogens is 1. The van der Waals surface area contributed by atoms with Gasteiger partial charge in [-0.1, -0.05) is 6.07 Å². The second-order valence-electron chi connectivity index (χ2n) is 6.70. The van der Waals surface area contributed by atoms with E-state index in [1.807, 2.05) is 6.92 Å². The first kappa shape index (κ1) is 22.8. The number of carbonyl (C=O) groups is 1. The van der Waals surface area contributed by atoms with Gasteiger partial charge in [-0.15, -0.1) is 0 Å². The van der Waals surface area contributed by atoms with Crippen LogP contribution in [0.2, 0.25) is 0 Å². The highest BCUT2D eigenvalue weighted by Gasteiger charge is 2.29. The Bertz CT molecular complexity index is 1010. The van der Waals surface area contributed by atoms with Gasteiger partial charge < -0.3 is 19.5 Å². The molecular weight excluding hydrogens is 427 g/mol. The van der Waals surface area contributed by atoms with Crippen LogP contribution in [0, 0.1) is 5.82 Å². The molecule has 31 heavy (non-hydrogen) atoms. The lowest BCUT2D eigenvalue weighted by molar-refractivity contribution is -0.119.